The molecule has 0 aromatic carbocycles. The lowest BCUT2D eigenvalue weighted by atomic mass is 10.3. The Kier molecular flexibility index (Phi) is 5.81. The van der Waals surface area contributed by atoms with Crippen LogP contribution in [-0.2, 0) is 9.09 Å². The van der Waals surface area contributed by atoms with Crippen molar-refractivity contribution in [2.45, 2.75) is 6.42 Å². The fraction of sp³-hybridized carbons (Fsp3) is 1.00. The normalized spacial score (nSPS) is 16.6. The van der Waals surface area contributed by atoms with Crippen LogP contribution in [0.1, 0.15) is 6.42 Å². The predicted octanol–water partition coefficient (Wildman–Crippen LogP) is -1.11. The van der Waals surface area contributed by atoms with Crippen LogP contribution in [-0.4, -0.2) is 49.7 Å². The Morgan fingerprint density at radius 1 is 1.50 bits per heavy atom. The quantitative estimate of drug-likeness (QED) is 0.424. The van der Waals surface area contributed by atoms with E-state index in [0.717, 1.165) is 13.0 Å². The molecule has 0 fully saturated rings. The summed E-state index contributed by atoms with van der Waals surface area (Å²) in [6.07, 6.45) is 0.876. The maximum Gasteiger partial charge on any atom is 0.265 e. The molecule has 3 N–H and O–H groups in total. The summed E-state index contributed by atoms with van der Waals surface area (Å²) < 4.78 is 15.1. The standard InChI is InChI=1S/C7H19N2O4P/c1-9(2,5-3-4-8)6-7-13-14(10,11)12/h3-8H2,1-2H3,(H-,10,11,12). The van der Waals surface area contributed by atoms with Gasteiger partial charge < -0.3 is 24.5 Å². The lowest BCUT2D eigenvalue weighted by Gasteiger charge is -2.30. The van der Waals surface area contributed by atoms with Crippen molar-refractivity contribution in [1.29, 1.82) is 0 Å². The first-order valence-corrected chi connectivity index (χ1v) is 5.97. The van der Waals surface area contributed by atoms with Gasteiger partial charge in [0.15, 0.2) is 0 Å². The molecule has 0 spiro atoms. The number of rotatable bonds is 7. The van der Waals surface area contributed by atoms with E-state index >= 15 is 0 Å². The molecular formula is C7H19N2O4P. The van der Waals surface area contributed by atoms with Gasteiger partial charge in [-0.05, 0) is 6.54 Å². The van der Waals surface area contributed by atoms with E-state index in [2.05, 4.69) is 4.52 Å². The minimum atomic E-state index is -4.56. The van der Waals surface area contributed by atoms with Gasteiger partial charge in [-0.2, -0.15) is 0 Å². The van der Waals surface area contributed by atoms with E-state index in [0.29, 0.717) is 17.6 Å². The Labute approximate surface area is 84.5 Å². The second kappa shape index (κ2) is 5.80. The molecule has 0 aliphatic carbocycles. The molecule has 0 aromatic heterocycles. The summed E-state index contributed by atoms with van der Waals surface area (Å²) >= 11 is 0. The molecule has 6 nitrogen and oxygen atoms in total. The molecule has 0 saturated carbocycles. The van der Waals surface area contributed by atoms with Crippen LogP contribution in [0.2, 0.25) is 0 Å². The van der Waals surface area contributed by atoms with Crippen molar-refractivity contribution < 1.29 is 23.4 Å². The van der Waals surface area contributed by atoms with Gasteiger partial charge in [-0.25, -0.2) is 0 Å². The zero-order valence-corrected chi connectivity index (χ0v) is 9.57. The van der Waals surface area contributed by atoms with Crippen LogP contribution in [0.4, 0.5) is 0 Å². The highest BCUT2D eigenvalue weighted by Gasteiger charge is 2.15. The zero-order chi connectivity index (χ0) is 11.2. The van der Waals surface area contributed by atoms with E-state index in [-0.39, 0.29) is 6.61 Å². The Morgan fingerprint density at radius 3 is 2.50 bits per heavy atom. The second-order valence-electron chi connectivity index (χ2n) is 3.83. The third-order valence-electron chi connectivity index (χ3n) is 1.92. The maximum absolute atomic E-state index is 10.3. The SMILES string of the molecule is C[N+](C)(CCCN)CCOP(=O)([O-])O. The van der Waals surface area contributed by atoms with Crippen molar-refractivity contribution >= 4 is 7.82 Å². The molecule has 7 heteroatoms. The van der Waals surface area contributed by atoms with Gasteiger partial charge in [0.2, 0.25) is 0 Å². The summed E-state index contributed by atoms with van der Waals surface area (Å²) in [5.41, 5.74) is 5.36. The van der Waals surface area contributed by atoms with Crippen LogP contribution in [0.3, 0.4) is 0 Å². The fourth-order valence-corrected chi connectivity index (χ4v) is 1.35. The highest BCUT2D eigenvalue weighted by molar-refractivity contribution is 7.44. The molecular weight excluding hydrogens is 207 g/mol. The van der Waals surface area contributed by atoms with Crippen molar-refractivity contribution in [1.82, 2.24) is 0 Å². The minimum absolute atomic E-state index is 0.00511. The Bertz CT molecular complexity index is 204. The molecule has 0 heterocycles. The van der Waals surface area contributed by atoms with Gasteiger partial charge in [-0.15, -0.1) is 0 Å². The maximum atomic E-state index is 10.3. The minimum Gasteiger partial charge on any atom is -0.756 e. The Balaban J connectivity index is 3.70. The number of nitrogens with two attached hydrogens (primary N) is 1. The molecule has 0 saturated heterocycles. The number of quaternary nitrogens is 1. The molecule has 0 bridgehead atoms. The fourth-order valence-electron chi connectivity index (χ4n) is 1.03. The van der Waals surface area contributed by atoms with Crippen LogP contribution in [0.25, 0.3) is 0 Å². The average Bonchev–Trinajstić information content (AvgIpc) is 1.98. The Hall–Kier alpha value is 0.0300. The number of hydrogen-bond donors (Lipinski definition) is 2. The van der Waals surface area contributed by atoms with Gasteiger partial charge in [0, 0.05) is 6.42 Å². The van der Waals surface area contributed by atoms with Gasteiger partial charge in [-0.3, -0.25) is 4.57 Å². The summed E-state index contributed by atoms with van der Waals surface area (Å²) in [4.78, 5) is 18.6. The van der Waals surface area contributed by atoms with Gasteiger partial charge in [0.05, 0.1) is 20.6 Å². The Morgan fingerprint density at radius 2 is 2.07 bits per heavy atom. The molecule has 1 unspecified atom stereocenters. The van der Waals surface area contributed by atoms with E-state index in [4.69, 9.17) is 10.6 Å². The van der Waals surface area contributed by atoms with E-state index in [1.807, 2.05) is 14.1 Å². The molecule has 0 amide bonds. The van der Waals surface area contributed by atoms with E-state index in [1.54, 1.807) is 0 Å². The van der Waals surface area contributed by atoms with E-state index in [9.17, 15) is 9.46 Å². The number of phosphoric acid groups is 1. The molecule has 0 rings (SSSR count). The first kappa shape index (κ1) is 14.0. The third-order valence-corrected chi connectivity index (χ3v) is 2.43. The molecule has 0 aromatic rings. The van der Waals surface area contributed by atoms with Crippen molar-refractivity contribution in [3.63, 3.8) is 0 Å². The monoisotopic (exact) mass is 226 g/mol. The average molecular weight is 226 g/mol. The first-order valence-electron chi connectivity index (χ1n) is 4.47. The molecule has 0 radical (unpaired) electrons. The van der Waals surface area contributed by atoms with Crippen LogP contribution in [0.15, 0.2) is 0 Å². The van der Waals surface area contributed by atoms with Gasteiger partial charge in [0.1, 0.15) is 13.2 Å². The molecule has 86 valence electrons. The molecule has 0 aliphatic heterocycles. The molecule has 1 atom stereocenters. The molecule has 0 aliphatic rings. The lowest BCUT2D eigenvalue weighted by molar-refractivity contribution is -0.890. The van der Waals surface area contributed by atoms with Crippen molar-refractivity contribution in [2.24, 2.45) is 5.73 Å². The van der Waals surface area contributed by atoms with E-state index < -0.39 is 7.82 Å². The van der Waals surface area contributed by atoms with Crippen LogP contribution < -0.4 is 10.6 Å². The summed E-state index contributed by atoms with van der Waals surface area (Å²) in [6, 6.07) is 0. The second-order valence-corrected chi connectivity index (χ2v) is 5.02. The smallest absolute Gasteiger partial charge is 0.265 e. The van der Waals surface area contributed by atoms with Crippen LogP contribution in [0, 0.1) is 0 Å². The van der Waals surface area contributed by atoms with Crippen molar-refractivity contribution in [2.75, 3.05) is 40.3 Å². The third kappa shape index (κ3) is 8.62. The number of phosphoric ester groups is 1. The number of nitrogens with zero attached hydrogens (tertiary/aromatic N) is 1. The van der Waals surface area contributed by atoms with Gasteiger partial charge >= 0.3 is 0 Å². The van der Waals surface area contributed by atoms with Crippen LogP contribution in [0.5, 0.6) is 0 Å². The van der Waals surface area contributed by atoms with Crippen molar-refractivity contribution in [3.05, 3.63) is 0 Å². The first-order chi connectivity index (χ1) is 6.27. The summed E-state index contributed by atoms with van der Waals surface area (Å²) in [7, 11) is -0.661. The van der Waals surface area contributed by atoms with Gasteiger partial charge in [-0.1, -0.05) is 0 Å². The van der Waals surface area contributed by atoms with Gasteiger partial charge in [0.25, 0.3) is 7.82 Å². The lowest BCUT2D eigenvalue weighted by Crippen LogP contribution is -2.43. The zero-order valence-electron chi connectivity index (χ0n) is 8.68. The predicted molar refractivity (Wildman–Crippen MR) is 51.3 cm³/mol. The van der Waals surface area contributed by atoms with Crippen LogP contribution >= 0.6 is 7.82 Å². The summed E-state index contributed by atoms with van der Waals surface area (Å²) in [6.45, 7) is 1.98. The number of likely N-dealkylation sites (N-methyl/N-ethyl adjacent to an activating group) is 1. The van der Waals surface area contributed by atoms with Crippen molar-refractivity contribution in [3.8, 4) is 0 Å². The molecule has 14 heavy (non-hydrogen) atoms. The van der Waals surface area contributed by atoms with E-state index in [1.165, 1.54) is 0 Å². The largest absolute Gasteiger partial charge is 0.756 e. The number of hydrogen-bond acceptors (Lipinski definition) is 4. The topological polar surface area (TPSA) is 95.6 Å². The summed E-state index contributed by atoms with van der Waals surface area (Å²) in [5.74, 6) is 0. The highest BCUT2D eigenvalue weighted by atomic mass is 31.2. The highest BCUT2D eigenvalue weighted by Crippen LogP contribution is 2.29. The summed E-state index contributed by atoms with van der Waals surface area (Å²) in [5, 5.41) is 0.